The number of nitrogens with two attached hydrogens (primary N) is 1. The number of anilines is 1. The van der Waals surface area contributed by atoms with E-state index >= 15 is 0 Å². The normalized spacial score (nSPS) is 12.2. The molecule has 0 heterocycles. The lowest BCUT2D eigenvalue weighted by Gasteiger charge is -2.14. The monoisotopic (exact) mass is 221 g/mol. The molecule has 0 aliphatic heterocycles. The molecule has 0 bridgehead atoms. The molecule has 0 aliphatic rings. The van der Waals surface area contributed by atoms with Crippen molar-refractivity contribution in [2.75, 3.05) is 5.73 Å². The van der Waals surface area contributed by atoms with Gasteiger partial charge in [-0.05, 0) is 23.6 Å². The molecule has 2 N–H and O–H groups in total. The van der Waals surface area contributed by atoms with Crippen molar-refractivity contribution in [2.45, 2.75) is 25.9 Å². The minimum absolute atomic E-state index is 0.183. The van der Waals surface area contributed by atoms with Gasteiger partial charge in [0.2, 0.25) is 0 Å². The number of benzene rings is 1. The summed E-state index contributed by atoms with van der Waals surface area (Å²) in [7, 11) is 0. The molecule has 1 nitrogen and oxygen atoms in total. The highest BCUT2D eigenvalue weighted by atomic mass is 19.4. The minimum Gasteiger partial charge on any atom is -0.396 e. The maximum absolute atomic E-state index is 13.1. The molecule has 0 spiro atoms. The van der Waals surface area contributed by atoms with Crippen LogP contribution in [-0.4, -0.2) is 0 Å². The molecule has 84 valence electrons. The standard InChI is InChI=1S/C10H11F4N/c1-5(2)7-3-6(10(12,13)14)4-8(11)9(7)15/h3-5H,15H2,1-2H3. The molecule has 0 saturated heterocycles. The number of halogens is 4. The Hall–Kier alpha value is -1.26. The summed E-state index contributed by atoms with van der Waals surface area (Å²) in [5, 5.41) is 0. The third kappa shape index (κ3) is 2.40. The third-order valence-electron chi connectivity index (χ3n) is 2.11. The molecule has 0 aliphatic carbocycles. The fourth-order valence-electron chi connectivity index (χ4n) is 1.28. The van der Waals surface area contributed by atoms with Crippen molar-refractivity contribution < 1.29 is 17.6 Å². The van der Waals surface area contributed by atoms with E-state index in [2.05, 4.69) is 0 Å². The van der Waals surface area contributed by atoms with E-state index in [0.29, 0.717) is 6.07 Å². The fourth-order valence-corrected chi connectivity index (χ4v) is 1.28. The summed E-state index contributed by atoms with van der Waals surface area (Å²) in [5.41, 5.74) is 4.32. The SMILES string of the molecule is CC(C)c1cc(C(F)(F)F)cc(F)c1N. The summed E-state index contributed by atoms with van der Waals surface area (Å²) < 4.78 is 50.1. The van der Waals surface area contributed by atoms with E-state index in [1.54, 1.807) is 13.8 Å². The highest BCUT2D eigenvalue weighted by Crippen LogP contribution is 2.34. The molecule has 5 heteroatoms. The first-order valence-electron chi connectivity index (χ1n) is 4.39. The van der Waals surface area contributed by atoms with Gasteiger partial charge in [0.1, 0.15) is 5.82 Å². The zero-order chi connectivity index (χ0) is 11.8. The molecule has 0 amide bonds. The third-order valence-corrected chi connectivity index (χ3v) is 2.11. The average Bonchev–Trinajstić information content (AvgIpc) is 2.06. The lowest BCUT2D eigenvalue weighted by molar-refractivity contribution is -0.137. The summed E-state index contributed by atoms with van der Waals surface area (Å²) in [5.74, 6) is -1.27. The van der Waals surface area contributed by atoms with E-state index in [-0.39, 0.29) is 17.2 Å². The van der Waals surface area contributed by atoms with Crippen LogP contribution in [0.4, 0.5) is 23.2 Å². The van der Waals surface area contributed by atoms with Crippen LogP contribution in [0.3, 0.4) is 0 Å². The van der Waals surface area contributed by atoms with Gasteiger partial charge in [0.25, 0.3) is 0 Å². The Kier molecular flexibility index (Phi) is 2.93. The van der Waals surface area contributed by atoms with Crippen LogP contribution in [0, 0.1) is 5.82 Å². The average molecular weight is 221 g/mol. The number of hydrogen-bond acceptors (Lipinski definition) is 1. The van der Waals surface area contributed by atoms with E-state index < -0.39 is 17.6 Å². The number of rotatable bonds is 1. The van der Waals surface area contributed by atoms with Crippen molar-refractivity contribution in [3.63, 3.8) is 0 Å². The number of hydrogen-bond donors (Lipinski definition) is 1. The van der Waals surface area contributed by atoms with Crippen molar-refractivity contribution in [3.8, 4) is 0 Å². The Morgan fingerprint density at radius 3 is 2.13 bits per heavy atom. The van der Waals surface area contributed by atoms with Crippen LogP contribution in [0.25, 0.3) is 0 Å². The Balaban J connectivity index is 3.36. The van der Waals surface area contributed by atoms with Crippen molar-refractivity contribution in [3.05, 3.63) is 29.1 Å². The van der Waals surface area contributed by atoms with Crippen molar-refractivity contribution in [1.29, 1.82) is 0 Å². The molecule has 0 aromatic heterocycles. The van der Waals surface area contributed by atoms with Crippen LogP contribution in [-0.2, 0) is 6.18 Å². The van der Waals surface area contributed by atoms with Crippen LogP contribution in [0.15, 0.2) is 12.1 Å². The number of alkyl halides is 3. The van der Waals surface area contributed by atoms with Gasteiger partial charge in [0, 0.05) is 0 Å². The van der Waals surface area contributed by atoms with Gasteiger partial charge in [0.15, 0.2) is 0 Å². The van der Waals surface area contributed by atoms with Gasteiger partial charge in [0.05, 0.1) is 11.3 Å². The first-order valence-corrected chi connectivity index (χ1v) is 4.39. The highest BCUT2D eigenvalue weighted by molar-refractivity contribution is 5.52. The smallest absolute Gasteiger partial charge is 0.396 e. The summed E-state index contributed by atoms with van der Waals surface area (Å²) in [6.07, 6.45) is -4.54. The Morgan fingerprint density at radius 1 is 1.20 bits per heavy atom. The first kappa shape index (κ1) is 11.8. The number of nitrogen functional groups attached to an aromatic ring is 1. The predicted molar refractivity (Wildman–Crippen MR) is 49.9 cm³/mol. The highest BCUT2D eigenvalue weighted by Gasteiger charge is 2.32. The van der Waals surface area contributed by atoms with E-state index in [1.165, 1.54) is 0 Å². The lowest BCUT2D eigenvalue weighted by atomic mass is 9.98. The second-order valence-corrected chi connectivity index (χ2v) is 3.61. The maximum atomic E-state index is 13.1. The van der Waals surface area contributed by atoms with Gasteiger partial charge in [-0.3, -0.25) is 0 Å². The van der Waals surface area contributed by atoms with Gasteiger partial charge in [-0.25, -0.2) is 4.39 Å². The molecule has 15 heavy (non-hydrogen) atoms. The van der Waals surface area contributed by atoms with E-state index in [9.17, 15) is 17.6 Å². The Labute approximate surface area is 84.9 Å². The summed E-state index contributed by atoms with van der Waals surface area (Å²) in [6, 6.07) is 1.31. The molecular formula is C10H11F4N. The van der Waals surface area contributed by atoms with E-state index in [4.69, 9.17) is 5.73 Å². The van der Waals surface area contributed by atoms with E-state index in [0.717, 1.165) is 6.07 Å². The summed E-state index contributed by atoms with van der Waals surface area (Å²) in [6.45, 7) is 3.32. The largest absolute Gasteiger partial charge is 0.416 e. The molecule has 0 radical (unpaired) electrons. The minimum atomic E-state index is -4.54. The molecule has 0 saturated carbocycles. The molecule has 1 aromatic carbocycles. The Bertz CT molecular complexity index is 368. The lowest BCUT2D eigenvalue weighted by Crippen LogP contribution is -2.09. The van der Waals surface area contributed by atoms with Gasteiger partial charge in [-0.15, -0.1) is 0 Å². The topological polar surface area (TPSA) is 26.0 Å². The molecule has 1 rings (SSSR count). The van der Waals surface area contributed by atoms with Crippen LogP contribution in [0.1, 0.15) is 30.9 Å². The Morgan fingerprint density at radius 2 is 1.73 bits per heavy atom. The molecule has 0 atom stereocenters. The summed E-state index contributed by atoms with van der Waals surface area (Å²) >= 11 is 0. The van der Waals surface area contributed by atoms with E-state index in [1.807, 2.05) is 0 Å². The zero-order valence-electron chi connectivity index (χ0n) is 8.32. The van der Waals surface area contributed by atoms with Crippen LogP contribution in [0.5, 0.6) is 0 Å². The fraction of sp³-hybridized carbons (Fsp3) is 0.400. The first-order chi connectivity index (χ1) is 6.73. The van der Waals surface area contributed by atoms with Crippen molar-refractivity contribution in [2.24, 2.45) is 0 Å². The second kappa shape index (κ2) is 3.72. The molecule has 1 aromatic rings. The summed E-state index contributed by atoms with van der Waals surface area (Å²) in [4.78, 5) is 0. The quantitative estimate of drug-likeness (QED) is 0.569. The van der Waals surface area contributed by atoms with Gasteiger partial charge < -0.3 is 5.73 Å². The predicted octanol–water partition coefficient (Wildman–Crippen LogP) is 3.55. The van der Waals surface area contributed by atoms with Gasteiger partial charge >= 0.3 is 6.18 Å². The van der Waals surface area contributed by atoms with Crippen molar-refractivity contribution in [1.82, 2.24) is 0 Å². The van der Waals surface area contributed by atoms with Gasteiger partial charge in [-0.1, -0.05) is 13.8 Å². The second-order valence-electron chi connectivity index (χ2n) is 3.61. The maximum Gasteiger partial charge on any atom is 0.416 e. The van der Waals surface area contributed by atoms with Crippen molar-refractivity contribution >= 4 is 5.69 Å². The van der Waals surface area contributed by atoms with Crippen LogP contribution >= 0.6 is 0 Å². The molecule has 0 unspecified atom stereocenters. The molecular weight excluding hydrogens is 210 g/mol. The van der Waals surface area contributed by atoms with Crippen LogP contribution < -0.4 is 5.73 Å². The molecule has 0 fully saturated rings. The van der Waals surface area contributed by atoms with Gasteiger partial charge in [-0.2, -0.15) is 13.2 Å². The zero-order valence-corrected chi connectivity index (χ0v) is 8.32. The van der Waals surface area contributed by atoms with Crippen LogP contribution in [0.2, 0.25) is 0 Å².